The van der Waals surface area contributed by atoms with E-state index in [1.54, 1.807) is 0 Å². The molecule has 10 nitrogen and oxygen atoms in total. The Balaban J connectivity index is 1.17. The van der Waals surface area contributed by atoms with E-state index in [1.165, 1.54) is 0 Å². The van der Waals surface area contributed by atoms with Crippen molar-refractivity contribution in [2.75, 3.05) is 19.7 Å². The second-order valence-electron chi connectivity index (χ2n) is 8.08. The van der Waals surface area contributed by atoms with Crippen LogP contribution in [0, 0.1) is 5.92 Å². The number of aryl methyl sites for hydroxylation is 1. The molecule has 1 atom stereocenters. The van der Waals surface area contributed by atoms with E-state index in [1.807, 2.05) is 48.6 Å². The molecule has 2 N–H and O–H groups in total. The molecule has 1 aliphatic carbocycles. The minimum Gasteiger partial charge on any atom is -0.494 e. The van der Waals surface area contributed by atoms with Crippen LogP contribution in [0.1, 0.15) is 32.1 Å². The summed E-state index contributed by atoms with van der Waals surface area (Å²) in [5.41, 5.74) is 1.62. The summed E-state index contributed by atoms with van der Waals surface area (Å²) in [7, 11) is 0. The van der Waals surface area contributed by atoms with Crippen molar-refractivity contribution in [2.24, 2.45) is 16.1 Å². The molecule has 35 heavy (non-hydrogen) atoms. The monoisotopic (exact) mass is 476 g/mol. The molecule has 0 saturated carbocycles. The molecule has 1 aromatic carbocycles. The van der Waals surface area contributed by atoms with Crippen LogP contribution in [0.5, 0.6) is 5.75 Å². The van der Waals surface area contributed by atoms with Crippen LogP contribution in [0.3, 0.4) is 0 Å². The highest BCUT2D eigenvalue weighted by molar-refractivity contribution is 5.86. The minimum absolute atomic E-state index is 0.0925. The highest BCUT2D eigenvalue weighted by atomic mass is 16.5. The Morgan fingerprint density at radius 3 is 3.00 bits per heavy atom. The van der Waals surface area contributed by atoms with Gasteiger partial charge in [0.15, 0.2) is 5.82 Å². The molecule has 182 valence electrons. The van der Waals surface area contributed by atoms with Gasteiger partial charge in [0.2, 0.25) is 17.6 Å². The number of amides is 2. The van der Waals surface area contributed by atoms with Gasteiger partial charge in [0.1, 0.15) is 5.75 Å². The number of hydrogen-bond acceptors (Lipinski definition) is 8. The van der Waals surface area contributed by atoms with E-state index in [0.717, 1.165) is 23.3 Å². The third kappa shape index (κ3) is 6.50. The minimum atomic E-state index is -0.372. The van der Waals surface area contributed by atoms with E-state index in [0.29, 0.717) is 50.1 Å². The Morgan fingerprint density at radius 1 is 1.20 bits per heavy atom. The zero-order valence-corrected chi connectivity index (χ0v) is 19.6. The standard InChI is InChI=1S/C25H28N6O4/c1-2-15-34-18-8-5-7-17(16-18)23-28-22(35-31-23)12-11-21(32)26-13-6-14-27-24-19-9-3-4-10-20(19)25(33)30-29-24/h3-5,7-10,16,20,27H,2,6,11-15H2,1H3,(H,26,32). The van der Waals surface area contributed by atoms with Gasteiger partial charge in [-0.05, 0) is 25.0 Å². The lowest BCUT2D eigenvalue weighted by atomic mass is 9.93. The number of carbonyl (C=O) groups excluding carboxylic acids is 2. The summed E-state index contributed by atoms with van der Waals surface area (Å²) in [6.45, 7) is 3.79. The van der Waals surface area contributed by atoms with Gasteiger partial charge in [0.05, 0.1) is 12.5 Å². The number of hydrogen-bond donors (Lipinski definition) is 2. The number of ether oxygens (including phenoxy) is 1. The summed E-state index contributed by atoms with van der Waals surface area (Å²) in [6.07, 6.45) is 9.60. The molecule has 4 rings (SSSR count). The van der Waals surface area contributed by atoms with Crippen molar-refractivity contribution in [2.45, 2.75) is 32.6 Å². The van der Waals surface area contributed by atoms with Gasteiger partial charge >= 0.3 is 0 Å². The normalized spacial score (nSPS) is 16.4. The first-order valence-corrected chi connectivity index (χ1v) is 11.7. The number of rotatable bonds is 12. The average molecular weight is 477 g/mol. The molecule has 2 amide bonds. The van der Waals surface area contributed by atoms with E-state index in [9.17, 15) is 9.59 Å². The second-order valence-corrected chi connectivity index (χ2v) is 8.08. The Hall–Kier alpha value is -4.08. The van der Waals surface area contributed by atoms with Gasteiger partial charge in [-0.25, -0.2) is 0 Å². The largest absolute Gasteiger partial charge is 0.494 e. The molecule has 2 aliphatic rings. The lowest BCUT2D eigenvalue weighted by Gasteiger charge is -2.20. The zero-order valence-electron chi connectivity index (χ0n) is 19.6. The van der Waals surface area contributed by atoms with E-state index in [4.69, 9.17) is 9.26 Å². The number of aromatic nitrogens is 2. The lowest BCUT2D eigenvalue weighted by molar-refractivity contribution is -0.121. The molecule has 0 saturated heterocycles. The van der Waals surface area contributed by atoms with Crippen LogP contribution in [0.4, 0.5) is 0 Å². The molecule has 0 spiro atoms. The van der Waals surface area contributed by atoms with Gasteiger partial charge in [0, 0.05) is 37.1 Å². The highest BCUT2D eigenvalue weighted by Gasteiger charge is 2.26. The van der Waals surface area contributed by atoms with Crippen molar-refractivity contribution in [3.8, 4) is 17.1 Å². The smallest absolute Gasteiger partial charge is 0.276 e. The van der Waals surface area contributed by atoms with Crippen LogP contribution in [0.15, 0.2) is 74.7 Å². The van der Waals surface area contributed by atoms with Crippen LogP contribution < -0.4 is 15.4 Å². The fraction of sp³-hybridized carbons (Fsp3) is 0.360. The summed E-state index contributed by atoms with van der Waals surface area (Å²) < 4.78 is 10.9. The van der Waals surface area contributed by atoms with Gasteiger partial charge in [-0.2, -0.15) is 4.98 Å². The molecule has 10 heteroatoms. The highest BCUT2D eigenvalue weighted by Crippen LogP contribution is 2.27. The molecular formula is C25H28N6O4. The van der Waals surface area contributed by atoms with Crippen LogP contribution in [0.2, 0.25) is 0 Å². The van der Waals surface area contributed by atoms with Crippen molar-refractivity contribution in [3.05, 3.63) is 65.9 Å². The lowest BCUT2D eigenvalue weighted by Crippen LogP contribution is -2.28. The van der Waals surface area contributed by atoms with Crippen LogP contribution in [-0.4, -0.2) is 41.7 Å². The van der Waals surface area contributed by atoms with E-state index in [2.05, 4.69) is 37.9 Å². The van der Waals surface area contributed by atoms with E-state index in [-0.39, 0.29) is 24.2 Å². The van der Waals surface area contributed by atoms with Gasteiger partial charge in [-0.1, -0.05) is 48.5 Å². The summed E-state index contributed by atoms with van der Waals surface area (Å²) >= 11 is 0. The molecule has 1 aromatic heterocycles. The molecule has 0 bridgehead atoms. The molecule has 2 aromatic rings. The van der Waals surface area contributed by atoms with Gasteiger partial charge in [-0.15, -0.1) is 10.2 Å². The number of benzene rings is 1. The predicted octanol–water partition coefficient (Wildman–Crippen LogP) is 3.50. The first-order chi connectivity index (χ1) is 17.1. The van der Waals surface area contributed by atoms with Crippen molar-refractivity contribution in [1.82, 2.24) is 20.8 Å². The number of carbonyl (C=O) groups is 2. The number of azo groups is 1. The fourth-order valence-electron chi connectivity index (χ4n) is 3.59. The molecule has 0 radical (unpaired) electrons. The Bertz CT molecular complexity index is 1180. The summed E-state index contributed by atoms with van der Waals surface area (Å²) in [6, 6.07) is 7.53. The van der Waals surface area contributed by atoms with Crippen LogP contribution in [0.25, 0.3) is 11.4 Å². The first kappa shape index (κ1) is 24.1. The predicted molar refractivity (Wildman–Crippen MR) is 128 cm³/mol. The number of allylic oxidation sites excluding steroid dienone is 3. The maximum absolute atomic E-state index is 12.2. The molecular weight excluding hydrogens is 448 g/mol. The number of fused-ring (bicyclic) bond motifs is 1. The van der Waals surface area contributed by atoms with Crippen LogP contribution >= 0.6 is 0 Å². The molecule has 0 fully saturated rings. The topological polar surface area (TPSA) is 131 Å². The second kappa shape index (κ2) is 11.9. The average Bonchev–Trinajstić information content (AvgIpc) is 3.37. The SMILES string of the molecule is CCCOc1cccc(-c2noc(CCC(=O)NCCCNC3=C4C=CC=CC4C(=O)N=N3)n2)c1. The first-order valence-electron chi connectivity index (χ1n) is 11.7. The van der Waals surface area contributed by atoms with Gasteiger partial charge < -0.3 is 19.9 Å². The number of nitrogens with zero attached hydrogens (tertiary/aromatic N) is 4. The Morgan fingerprint density at radius 2 is 2.11 bits per heavy atom. The summed E-state index contributed by atoms with van der Waals surface area (Å²) in [4.78, 5) is 28.4. The fourth-order valence-corrected chi connectivity index (χ4v) is 3.59. The van der Waals surface area contributed by atoms with Crippen LogP contribution in [-0.2, 0) is 16.0 Å². The Labute approximate surface area is 203 Å². The Kier molecular flexibility index (Phi) is 8.16. The van der Waals surface area contributed by atoms with Crippen molar-refractivity contribution in [1.29, 1.82) is 0 Å². The van der Waals surface area contributed by atoms with Gasteiger partial charge in [0.25, 0.3) is 5.91 Å². The zero-order chi connectivity index (χ0) is 24.5. The third-order valence-corrected chi connectivity index (χ3v) is 5.38. The maximum atomic E-state index is 12.2. The van der Waals surface area contributed by atoms with Crippen molar-refractivity contribution < 1.29 is 18.8 Å². The van der Waals surface area contributed by atoms with Crippen molar-refractivity contribution in [3.63, 3.8) is 0 Å². The number of nitrogens with one attached hydrogen (secondary N) is 2. The summed E-state index contributed by atoms with van der Waals surface area (Å²) in [5.74, 6) is 1.50. The maximum Gasteiger partial charge on any atom is 0.276 e. The molecule has 1 unspecified atom stereocenters. The third-order valence-electron chi connectivity index (χ3n) is 5.38. The molecule has 1 aliphatic heterocycles. The van der Waals surface area contributed by atoms with E-state index < -0.39 is 0 Å². The van der Waals surface area contributed by atoms with Gasteiger partial charge in [-0.3, -0.25) is 9.59 Å². The molecule has 2 heterocycles. The van der Waals surface area contributed by atoms with Crippen molar-refractivity contribution >= 4 is 11.8 Å². The summed E-state index contributed by atoms with van der Waals surface area (Å²) in [5, 5.41) is 17.8. The van der Waals surface area contributed by atoms with E-state index >= 15 is 0 Å². The quantitative estimate of drug-likeness (QED) is 0.448.